The van der Waals surface area contributed by atoms with E-state index in [1.807, 2.05) is 13.8 Å². The molecule has 0 aliphatic heterocycles. The molecule has 1 unspecified atom stereocenters. The van der Waals surface area contributed by atoms with Gasteiger partial charge in [-0.15, -0.1) is 12.6 Å². The minimum absolute atomic E-state index is 0.0116. The molecule has 1 N–H and O–H groups in total. The lowest BCUT2D eigenvalue weighted by Gasteiger charge is -1.97. The monoisotopic (exact) mass is 276 g/mol. The third kappa shape index (κ3) is 7.14. The van der Waals surface area contributed by atoms with E-state index in [1.54, 1.807) is 18.2 Å². The third-order valence-corrected chi connectivity index (χ3v) is 3.38. The van der Waals surface area contributed by atoms with Crippen LogP contribution < -0.4 is 0 Å². The Morgan fingerprint density at radius 1 is 1.35 bits per heavy atom. The zero-order valence-corrected chi connectivity index (χ0v) is 11.4. The lowest BCUT2D eigenvalue weighted by Crippen LogP contribution is -2.00. The lowest BCUT2D eigenvalue weighted by atomic mass is 10.1. The number of thiol groups is 1. The van der Waals surface area contributed by atoms with Gasteiger partial charge in [0.1, 0.15) is 0 Å². The van der Waals surface area contributed by atoms with Gasteiger partial charge in [-0.25, -0.2) is 0 Å². The Kier molecular flexibility index (Phi) is 7.10. The van der Waals surface area contributed by atoms with E-state index in [1.165, 1.54) is 12.1 Å². The maximum atomic E-state index is 10.4. The minimum Gasteiger partial charge on any atom is -0.287 e. The van der Waals surface area contributed by atoms with Crippen molar-refractivity contribution in [3.8, 4) is 0 Å². The smallest absolute Gasteiger partial charge is 0.287 e. The SMILES string of the molecule is CCC(C)C(=O)S.O=S(=O)(O)c1ccccc1. The van der Waals surface area contributed by atoms with Gasteiger partial charge < -0.3 is 0 Å². The summed E-state index contributed by atoms with van der Waals surface area (Å²) in [6.07, 6.45) is 0.891. The highest BCUT2D eigenvalue weighted by molar-refractivity contribution is 7.96. The molecule has 0 aliphatic carbocycles. The van der Waals surface area contributed by atoms with Crippen LogP contribution in [-0.4, -0.2) is 18.1 Å². The van der Waals surface area contributed by atoms with Gasteiger partial charge in [0.25, 0.3) is 10.1 Å². The molecule has 0 heterocycles. The van der Waals surface area contributed by atoms with Crippen LogP contribution in [0.4, 0.5) is 0 Å². The van der Waals surface area contributed by atoms with E-state index in [9.17, 15) is 13.2 Å². The van der Waals surface area contributed by atoms with Gasteiger partial charge in [0.2, 0.25) is 0 Å². The molecule has 1 rings (SSSR count). The van der Waals surface area contributed by atoms with Crippen LogP contribution in [0.2, 0.25) is 0 Å². The van der Waals surface area contributed by atoms with Gasteiger partial charge in [-0.05, 0) is 18.6 Å². The lowest BCUT2D eigenvalue weighted by molar-refractivity contribution is -0.113. The van der Waals surface area contributed by atoms with E-state index in [0.717, 1.165) is 6.42 Å². The molecule has 0 aromatic heterocycles. The van der Waals surface area contributed by atoms with E-state index in [0.29, 0.717) is 0 Å². The molecule has 6 heteroatoms. The fourth-order valence-electron chi connectivity index (χ4n) is 0.767. The van der Waals surface area contributed by atoms with E-state index >= 15 is 0 Å². The first kappa shape index (κ1) is 16.1. The quantitative estimate of drug-likeness (QED) is 0.657. The highest BCUT2D eigenvalue weighted by Gasteiger charge is 2.05. The number of benzene rings is 1. The zero-order valence-electron chi connectivity index (χ0n) is 9.70. The van der Waals surface area contributed by atoms with Crippen LogP contribution in [0.3, 0.4) is 0 Å². The van der Waals surface area contributed by atoms with Crippen molar-refractivity contribution in [2.75, 3.05) is 0 Å². The average Bonchev–Trinajstić information content (AvgIpc) is 2.28. The number of carbonyl (C=O) groups is 1. The standard InChI is InChI=1S/C6H6O3S.C5H10OS/c7-10(8,9)6-4-2-1-3-5-6;1-3-4(2)5(6)7/h1-5H,(H,7,8,9);4H,3H2,1-2H3,(H,6,7). The number of carbonyl (C=O) groups excluding carboxylic acids is 1. The maximum absolute atomic E-state index is 10.4. The van der Waals surface area contributed by atoms with Crippen LogP contribution in [0.5, 0.6) is 0 Å². The van der Waals surface area contributed by atoms with Crippen LogP contribution in [0, 0.1) is 5.92 Å². The first-order chi connectivity index (χ1) is 7.79. The molecule has 0 saturated heterocycles. The Balaban J connectivity index is 0.000000325. The van der Waals surface area contributed by atoms with Crippen molar-refractivity contribution in [2.24, 2.45) is 5.92 Å². The molecule has 0 aliphatic rings. The van der Waals surface area contributed by atoms with Crippen LogP contribution in [0.15, 0.2) is 35.2 Å². The Hall–Kier alpha value is -0.850. The van der Waals surface area contributed by atoms with Gasteiger partial charge in [0, 0.05) is 5.92 Å². The third-order valence-electron chi connectivity index (χ3n) is 2.08. The maximum Gasteiger partial charge on any atom is 0.294 e. The van der Waals surface area contributed by atoms with Gasteiger partial charge in [0.05, 0.1) is 4.90 Å². The molecule has 1 atom stereocenters. The molecule has 1 aromatic rings. The van der Waals surface area contributed by atoms with Gasteiger partial charge in [-0.1, -0.05) is 32.0 Å². The second-order valence-corrected chi connectivity index (χ2v) is 5.30. The molecular formula is C11H16O4S2. The molecular weight excluding hydrogens is 260 g/mol. The topological polar surface area (TPSA) is 71.4 Å². The average molecular weight is 276 g/mol. The second kappa shape index (κ2) is 7.47. The van der Waals surface area contributed by atoms with Crippen LogP contribution in [-0.2, 0) is 14.9 Å². The van der Waals surface area contributed by atoms with Crippen molar-refractivity contribution in [1.82, 2.24) is 0 Å². The summed E-state index contributed by atoms with van der Waals surface area (Å²) in [6.45, 7) is 3.84. The molecule has 17 heavy (non-hydrogen) atoms. The van der Waals surface area contributed by atoms with E-state index < -0.39 is 10.1 Å². The second-order valence-electron chi connectivity index (χ2n) is 3.44. The van der Waals surface area contributed by atoms with Gasteiger partial charge in [-0.3, -0.25) is 9.35 Å². The summed E-state index contributed by atoms with van der Waals surface area (Å²) >= 11 is 3.63. The summed E-state index contributed by atoms with van der Waals surface area (Å²) in [5, 5.41) is -0.0116. The molecule has 96 valence electrons. The molecule has 4 nitrogen and oxygen atoms in total. The summed E-state index contributed by atoms with van der Waals surface area (Å²) in [5.74, 6) is 0.128. The molecule has 1 aromatic carbocycles. The van der Waals surface area contributed by atoms with Crippen molar-refractivity contribution in [1.29, 1.82) is 0 Å². The number of rotatable bonds is 3. The van der Waals surface area contributed by atoms with Crippen LogP contribution in [0.1, 0.15) is 20.3 Å². The Bertz CT molecular complexity index is 440. The summed E-state index contributed by atoms with van der Waals surface area (Å²) < 4.78 is 29.2. The fraction of sp³-hybridized carbons (Fsp3) is 0.364. The molecule has 0 bridgehead atoms. The van der Waals surface area contributed by atoms with Crippen molar-refractivity contribution in [3.05, 3.63) is 30.3 Å². The first-order valence-electron chi connectivity index (χ1n) is 5.04. The molecule has 0 radical (unpaired) electrons. The summed E-state index contributed by atoms with van der Waals surface area (Å²) in [5.41, 5.74) is 0. The predicted molar refractivity (Wildman–Crippen MR) is 69.7 cm³/mol. The summed E-state index contributed by atoms with van der Waals surface area (Å²) in [4.78, 5) is 10.2. The molecule has 0 amide bonds. The highest BCUT2D eigenvalue weighted by Crippen LogP contribution is 2.05. The number of hydrogen-bond acceptors (Lipinski definition) is 3. The number of hydrogen-bond donors (Lipinski definition) is 2. The van der Waals surface area contributed by atoms with E-state index in [-0.39, 0.29) is 15.9 Å². The van der Waals surface area contributed by atoms with Gasteiger partial charge in [-0.2, -0.15) is 8.42 Å². The van der Waals surface area contributed by atoms with Crippen LogP contribution >= 0.6 is 12.6 Å². The van der Waals surface area contributed by atoms with Crippen LogP contribution in [0.25, 0.3) is 0 Å². The van der Waals surface area contributed by atoms with Crippen molar-refractivity contribution in [2.45, 2.75) is 25.2 Å². The normalized spacial score (nSPS) is 12.2. The first-order valence-corrected chi connectivity index (χ1v) is 6.93. The minimum atomic E-state index is -4.00. The summed E-state index contributed by atoms with van der Waals surface area (Å²) in [7, 11) is -4.00. The molecule has 0 saturated carbocycles. The van der Waals surface area contributed by atoms with Gasteiger partial charge >= 0.3 is 0 Å². The zero-order chi connectivity index (χ0) is 13.5. The van der Waals surface area contributed by atoms with Crippen molar-refractivity contribution in [3.63, 3.8) is 0 Å². The Morgan fingerprint density at radius 2 is 1.82 bits per heavy atom. The highest BCUT2D eigenvalue weighted by atomic mass is 32.2. The van der Waals surface area contributed by atoms with E-state index in [2.05, 4.69) is 12.6 Å². The Morgan fingerprint density at radius 3 is 2.00 bits per heavy atom. The van der Waals surface area contributed by atoms with Crippen molar-refractivity contribution >= 4 is 27.9 Å². The molecule has 0 fully saturated rings. The predicted octanol–water partition coefficient (Wildman–Crippen LogP) is 2.42. The van der Waals surface area contributed by atoms with Gasteiger partial charge in [0.15, 0.2) is 5.12 Å². The fourth-order valence-corrected chi connectivity index (χ4v) is 1.45. The Labute approximate surface area is 107 Å². The summed E-state index contributed by atoms with van der Waals surface area (Å²) in [6, 6.07) is 7.42. The largest absolute Gasteiger partial charge is 0.294 e. The molecule has 0 spiro atoms. The van der Waals surface area contributed by atoms with E-state index in [4.69, 9.17) is 4.55 Å². The van der Waals surface area contributed by atoms with Crippen molar-refractivity contribution < 1.29 is 17.8 Å².